The summed E-state index contributed by atoms with van der Waals surface area (Å²) < 4.78 is 10.1. The van der Waals surface area contributed by atoms with Gasteiger partial charge >= 0.3 is 0 Å². The van der Waals surface area contributed by atoms with E-state index in [0.717, 1.165) is 0 Å². The molecular formula is C4H11ArNOS. The Kier molecular flexibility index (Phi) is 6.67. The van der Waals surface area contributed by atoms with Crippen LogP contribution in [0.2, 0.25) is 0 Å². The zero-order valence-electron chi connectivity index (χ0n) is 5.25. The summed E-state index contributed by atoms with van der Waals surface area (Å²) in [6.45, 7) is 5.51. The van der Waals surface area contributed by atoms with Crippen LogP contribution in [0, 0.1) is 37.7 Å². The molecular weight excluding hydrogens is 150 g/mol. The average Bonchev–Trinajstić information content (AvgIpc) is 1.31. The van der Waals surface area contributed by atoms with E-state index in [9.17, 15) is 4.55 Å². The molecule has 0 saturated heterocycles. The molecule has 0 fully saturated rings. The van der Waals surface area contributed by atoms with Gasteiger partial charge in [0.15, 0.2) is 0 Å². The van der Waals surface area contributed by atoms with Crippen molar-refractivity contribution in [1.82, 2.24) is 0 Å². The van der Waals surface area contributed by atoms with E-state index >= 15 is 0 Å². The van der Waals surface area contributed by atoms with Gasteiger partial charge in [-0.15, -0.1) is 0 Å². The molecule has 0 aliphatic carbocycles. The van der Waals surface area contributed by atoms with Gasteiger partial charge in [-0.25, -0.2) is 0 Å². The van der Waals surface area contributed by atoms with Crippen molar-refractivity contribution < 1.29 is 42.3 Å². The molecule has 0 saturated carbocycles. The largest absolute Gasteiger partial charge is 0.598 e. The van der Waals surface area contributed by atoms with Gasteiger partial charge in [-0.1, -0.05) is 0 Å². The van der Waals surface area contributed by atoms with Crippen LogP contribution in [0.1, 0.15) is 20.8 Å². The van der Waals surface area contributed by atoms with Crippen LogP contribution in [0.5, 0.6) is 0 Å². The van der Waals surface area contributed by atoms with Crippen LogP contribution in [-0.4, -0.2) is 9.30 Å². The van der Waals surface area contributed by atoms with Crippen LogP contribution in [0.4, 0.5) is 0 Å². The maximum Gasteiger partial charge on any atom is 0.136 e. The molecule has 0 rings (SSSR count). The first-order valence-electron chi connectivity index (χ1n) is 2.11. The molecule has 0 aliphatic rings. The van der Waals surface area contributed by atoms with Crippen LogP contribution in [0.15, 0.2) is 0 Å². The average molecular weight is 161 g/mol. The summed E-state index contributed by atoms with van der Waals surface area (Å²) in [4.78, 5) is 0. The Morgan fingerprint density at radius 3 is 1.50 bits per heavy atom. The van der Waals surface area contributed by atoms with Crippen molar-refractivity contribution >= 4 is 11.4 Å². The van der Waals surface area contributed by atoms with Crippen LogP contribution in [-0.2, 0) is 11.4 Å². The number of nitrogens with two attached hydrogens (primary N) is 1. The van der Waals surface area contributed by atoms with E-state index in [1.54, 1.807) is 0 Å². The van der Waals surface area contributed by atoms with Crippen molar-refractivity contribution in [2.75, 3.05) is 0 Å². The molecule has 1 atom stereocenters. The van der Waals surface area contributed by atoms with Crippen molar-refractivity contribution in [3.8, 4) is 0 Å². The zero-order chi connectivity index (χ0) is 6.08. The zero-order valence-corrected chi connectivity index (χ0v) is 6.77. The van der Waals surface area contributed by atoms with E-state index < -0.39 is 11.4 Å². The van der Waals surface area contributed by atoms with E-state index in [1.165, 1.54) is 0 Å². The molecule has 0 aliphatic heterocycles. The Balaban J connectivity index is 0. The van der Waals surface area contributed by atoms with E-state index in [4.69, 9.17) is 5.14 Å². The van der Waals surface area contributed by atoms with Gasteiger partial charge in [-0.05, 0) is 20.8 Å². The van der Waals surface area contributed by atoms with Gasteiger partial charge in [0.25, 0.3) is 0 Å². The van der Waals surface area contributed by atoms with Gasteiger partial charge in [0, 0.05) is 49.1 Å². The van der Waals surface area contributed by atoms with Crippen molar-refractivity contribution in [3.63, 3.8) is 0 Å². The van der Waals surface area contributed by atoms with E-state index in [0.29, 0.717) is 0 Å². The Morgan fingerprint density at radius 1 is 1.38 bits per heavy atom. The SMILES string of the molecule is CC(C)(C)[S+](N)[O-].[Ar]. The van der Waals surface area contributed by atoms with Crippen molar-refractivity contribution in [2.45, 2.75) is 25.5 Å². The molecule has 0 heterocycles. The van der Waals surface area contributed by atoms with Gasteiger partial charge in [0.05, 0.1) is 0 Å². The quantitative estimate of drug-likeness (QED) is 0.523. The van der Waals surface area contributed by atoms with Gasteiger partial charge in [-0.2, -0.15) is 5.14 Å². The van der Waals surface area contributed by atoms with Crippen LogP contribution in [0.3, 0.4) is 0 Å². The Hall–Kier alpha value is 1.53. The Morgan fingerprint density at radius 2 is 1.50 bits per heavy atom. The fraction of sp³-hybridized carbons (Fsp3) is 1.00. The van der Waals surface area contributed by atoms with Crippen molar-refractivity contribution in [1.29, 1.82) is 0 Å². The van der Waals surface area contributed by atoms with Crippen LogP contribution >= 0.6 is 0 Å². The molecule has 0 aromatic rings. The fourth-order valence-corrected chi connectivity index (χ4v) is 0. The molecule has 0 amide bonds. The molecule has 1 unspecified atom stereocenters. The summed E-state index contributed by atoms with van der Waals surface area (Å²) in [5, 5.41) is 5.04. The summed E-state index contributed by atoms with van der Waals surface area (Å²) in [5.41, 5.74) is 0. The van der Waals surface area contributed by atoms with Crippen LogP contribution < -0.4 is 5.14 Å². The Bertz CT molecular complexity index is 61.5. The molecule has 4 heteroatoms. The van der Waals surface area contributed by atoms with Gasteiger partial charge in [-0.3, -0.25) is 0 Å². The first-order valence-corrected chi connectivity index (χ1v) is 3.32. The fourth-order valence-electron chi connectivity index (χ4n) is 0. The van der Waals surface area contributed by atoms with Crippen molar-refractivity contribution in [3.05, 3.63) is 0 Å². The molecule has 0 aromatic carbocycles. The molecule has 0 aromatic heterocycles. The normalized spacial score (nSPS) is 14.6. The standard InChI is InChI=1S/C4H11NOS.Ar/c1-4(2,3)7(5)6;/h5H2,1-3H3;. The number of hydrogen-bond acceptors (Lipinski definition) is 2. The maximum atomic E-state index is 10.4. The molecule has 0 radical (unpaired) electrons. The summed E-state index contributed by atoms with van der Waals surface area (Å²) in [5.74, 6) is 0. The predicted molar refractivity (Wildman–Crippen MR) is 32.1 cm³/mol. The molecule has 0 bridgehead atoms. The van der Waals surface area contributed by atoms with Gasteiger partial charge < -0.3 is 4.55 Å². The third-order valence-electron chi connectivity index (χ3n) is 0.604. The number of rotatable bonds is 0. The topological polar surface area (TPSA) is 49.1 Å². The smallest absolute Gasteiger partial charge is 0.136 e. The predicted octanol–water partition coefficient (Wildman–Crippen LogP) is 0.407. The molecule has 2 nitrogen and oxygen atoms in total. The van der Waals surface area contributed by atoms with E-state index in [1.807, 2.05) is 20.8 Å². The minimum atomic E-state index is -1.18. The third-order valence-corrected chi connectivity index (χ3v) is 1.81. The summed E-state index contributed by atoms with van der Waals surface area (Å²) >= 11 is -1.18. The summed E-state index contributed by atoms with van der Waals surface area (Å²) in [6.07, 6.45) is 0. The second kappa shape index (κ2) is 4.36. The minimum Gasteiger partial charge on any atom is -0.598 e. The van der Waals surface area contributed by atoms with Gasteiger partial charge in [0.1, 0.15) is 4.75 Å². The third kappa shape index (κ3) is 5.66. The molecule has 2 N–H and O–H groups in total. The van der Waals surface area contributed by atoms with Crippen LogP contribution in [0.25, 0.3) is 0 Å². The monoisotopic (exact) mass is 161 g/mol. The molecule has 8 heavy (non-hydrogen) atoms. The van der Waals surface area contributed by atoms with Gasteiger partial charge in [0.2, 0.25) is 0 Å². The Labute approximate surface area is 83.5 Å². The van der Waals surface area contributed by atoms with E-state index in [-0.39, 0.29) is 42.5 Å². The molecule has 52 valence electrons. The maximum absolute atomic E-state index is 10.4. The van der Waals surface area contributed by atoms with E-state index in [2.05, 4.69) is 0 Å². The minimum absolute atomic E-state index is 0. The van der Waals surface area contributed by atoms with Crippen molar-refractivity contribution in [2.24, 2.45) is 5.14 Å². The second-order valence-corrected chi connectivity index (χ2v) is 4.23. The number of hydrogen-bond donors (Lipinski definition) is 1. The summed E-state index contributed by atoms with van der Waals surface area (Å²) in [7, 11) is 0. The first kappa shape index (κ1) is 12.2. The molecule has 0 spiro atoms. The first-order chi connectivity index (χ1) is 2.94. The summed E-state index contributed by atoms with van der Waals surface area (Å²) in [6, 6.07) is 0. The second-order valence-electron chi connectivity index (χ2n) is 2.41.